The first-order valence-corrected chi connectivity index (χ1v) is 6.22. The zero-order valence-electron chi connectivity index (χ0n) is 9.55. The standard InChI is InChI=1S/C12H15NO3S/c1-2-10(12(16)13-8-11(14)15)17-9-6-4-3-5-7-9/h3-7,10H,2,8H2,1H3,(H,13,16)(H,14,15). The molecular formula is C12H15NO3S. The fourth-order valence-electron chi connectivity index (χ4n) is 1.26. The second-order valence-corrected chi connectivity index (χ2v) is 4.72. The molecule has 1 aromatic rings. The molecule has 0 spiro atoms. The van der Waals surface area contributed by atoms with Crippen LogP contribution in [0.3, 0.4) is 0 Å². The highest BCUT2D eigenvalue weighted by Gasteiger charge is 2.17. The molecule has 1 amide bonds. The number of amides is 1. The zero-order valence-corrected chi connectivity index (χ0v) is 10.4. The number of carboxylic acids is 1. The van der Waals surface area contributed by atoms with Crippen molar-refractivity contribution >= 4 is 23.6 Å². The van der Waals surface area contributed by atoms with Crippen molar-refractivity contribution in [1.29, 1.82) is 0 Å². The molecule has 17 heavy (non-hydrogen) atoms. The van der Waals surface area contributed by atoms with E-state index in [1.54, 1.807) is 0 Å². The molecule has 0 saturated carbocycles. The number of hydrogen-bond donors (Lipinski definition) is 2. The number of thioether (sulfide) groups is 1. The molecular weight excluding hydrogens is 238 g/mol. The lowest BCUT2D eigenvalue weighted by atomic mass is 10.3. The van der Waals surface area contributed by atoms with E-state index in [0.717, 1.165) is 4.90 Å². The molecule has 0 aromatic heterocycles. The molecule has 4 nitrogen and oxygen atoms in total. The average Bonchev–Trinajstić information content (AvgIpc) is 2.34. The zero-order chi connectivity index (χ0) is 12.7. The summed E-state index contributed by atoms with van der Waals surface area (Å²) >= 11 is 1.44. The largest absolute Gasteiger partial charge is 0.480 e. The second kappa shape index (κ2) is 6.96. The van der Waals surface area contributed by atoms with Gasteiger partial charge >= 0.3 is 5.97 Å². The van der Waals surface area contributed by atoms with Gasteiger partial charge in [0.2, 0.25) is 5.91 Å². The summed E-state index contributed by atoms with van der Waals surface area (Å²) < 4.78 is 0. The van der Waals surface area contributed by atoms with E-state index < -0.39 is 5.97 Å². The Morgan fingerprint density at radius 2 is 2.00 bits per heavy atom. The molecule has 0 aliphatic carbocycles. The van der Waals surface area contributed by atoms with Crippen molar-refractivity contribution in [3.8, 4) is 0 Å². The summed E-state index contributed by atoms with van der Waals surface area (Å²) in [6.45, 7) is 1.58. The normalized spacial score (nSPS) is 11.8. The molecule has 1 atom stereocenters. The minimum atomic E-state index is -1.03. The molecule has 1 unspecified atom stereocenters. The van der Waals surface area contributed by atoms with Gasteiger partial charge in [-0.05, 0) is 18.6 Å². The van der Waals surface area contributed by atoms with Crippen LogP contribution in [-0.4, -0.2) is 28.8 Å². The van der Waals surface area contributed by atoms with E-state index in [1.807, 2.05) is 37.3 Å². The molecule has 1 rings (SSSR count). The van der Waals surface area contributed by atoms with Crippen LogP contribution in [-0.2, 0) is 9.59 Å². The lowest BCUT2D eigenvalue weighted by molar-refractivity contribution is -0.137. The van der Waals surface area contributed by atoms with Crippen molar-refractivity contribution in [3.05, 3.63) is 30.3 Å². The van der Waals surface area contributed by atoms with Crippen LogP contribution in [0.2, 0.25) is 0 Å². The number of rotatable bonds is 6. The van der Waals surface area contributed by atoms with Gasteiger partial charge in [-0.2, -0.15) is 0 Å². The maximum atomic E-state index is 11.7. The Labute approximate surface area is 104 Å². The van der Waals surface area contributed by atoms with Crippen molar-refractivity contribution in [2.75, 3.05) is 6.54 Å². The molecule has 0 aliphatic heterocycles. The van der Waals surface area contributed by atoms with Gasteiger partial charge in [0.25, 0.3) is 0 Å². The van der Waals surface area contributed by atoms with E-state index in [4.69, 9.17) is 5.11 Å². The van der Waals surface area contributed by atoms with Crippen LogP contribution < -0.4 is 5.32 Å². The fraction of sp³-hybridized carbons (Fsp3) is 0.333. The quantitative estimate of drug-likeness (QED) is 0.758. The Kier molecular flexibility index (Phi) is 5.56. The van der Waals surface area contributed by atoms with Crippen molar-refractivity contribution < 1.29 is 14.7 Å². The topological polar surface area (TPSA) is 66.4 Å². The van der Waals surface area contributed by atoms with Gasteiger partial charge in [0.05, 0.1) is 5.25 Å². The minimum Gasteiger partial charge on any atom is -0.480 e. The van der Waals surface area contributed by atoms with Crippen LogP contribution in [0.25, 0.3) is 0 Å². The third-order valence-corrected chi connectivity index (χ3v) is 3.47. The second-order valence-electron chi connectivity index (χ2n) is 3.44. The monoisotopic (exact) mass is 253 g/mol. The van der Waals surface area contributed by atoms with Crippen molar-refractivity contribution in [2.24, 2.45) is 0 Å². The van der Waals surface area contributed by atoms with Gasteiger partial charge in [-0.15, -0.1) is 11.8 Å². The Balaban J connectivity index is 2.53. The summed E-state index contributed by atoms with van der Waals surface area (Å²) in [5, 5.41) is 10.6. The van der Waals surface area contributed by atoms with E-state index in [0.29, 0.717) is 6.42 Å². The highest BCUT2D eigenvalue weighted by atomic mass is 32.2. The summed E-state index contributed by atoms with van der Waals surface area (Å²) in [5.41, 5.74) is 0. The number of carboxylic acid groups (broad SMARTS) is 1. The van der Waals surface area contributed by atoms with Gasteiger partial charge in [0.1, 0.15) is 6.54 Å². The number of carbonyl (C=O) groups is 2. The van der Waals surface area contributed by atoms with E-state index in [2.05, 4.69) is 5.32 Å². The Morgan fingerprint density at radius 3 is 2.53 bits per heavy atom. The molecule has 1 aromatic carbocycles. The molecule has 0 aliphatic rings. The SMILES string of the molecule is CCC(Sc1ccccc1)C(=O)NCC(=O)O. The number of nitrogens with one attached hydrogen (secondary N) is 1. The van der Waals surface area contributed by atoms with Crippen molar-refractivity contribution in [2.45, 2.75) is 23.5 Å². The average molecular weight is 253 g/mol. The highest BCUT2D eigenvalue weighted by Crippen LogP contribution is 2.24. The molecule has 0 fully saturated rings. The first-order valence-electron chi connectivity index (χ1n) is 5.34. The predicted octanol–water partition coefficient (Wildman–Crippen LogP) is 1.76. The van der Waals surface area contributed by atoms with Crippen LogP contribution in [0, 0.1) is 0 Å². The molecule has 0 radical (unpaired) electrons. The molecule has 0 heterocycles. The summed E-state index contributed by atoms with van der Waals surface area (Å²) in [4.78, 5) is 23.0. The van der Waals surface area contributed by atoms with Gasteiger partial charge < -0.3 is 10.4 Å². The van der Waals surface area contributed by atoms with Crippen molar-refractivity contribution in [1.82, 2.24) is 5.32 Å². The van der Waals surface area contributed by atoms with Gasteiger partial charge in [-0.1, -0.05) is 25.1 Å². The van der Waals surface area contributed by atoms with E-state index >= 15 is 0 Å². The van der Waals surface area contributed by atoms with Crippen LogP contribution in [0.5, 0.6) is 0 Å². The number of hydrogen-bond acceptors (Lipinski definition) is 3. The summed E-state index contributed by atoms with van der Waals surface area (Å²) in [7, 11) is 0. The summed E-state index contributed by atoms with van der Waals surface area (Å²) in [5.74, 6) is -1.26. The van der Waals surface area contributed by atoms with Gasteiger partial charge in [-0.3, -0.25) is 9.59 Å². The van der Waals surface area contributed by atoms with Crippen LogP contribution in [0.15, 0.2) is 35.2 Å². The third-order valence-electron chi connectivity index (χ3n) is 2.10. The maximum absolute atomic E-state index is 11.7. The predicted molar refractivity (Wildman–Crippen MR) is 67.0 cm³/mol. The Morgan fingerprint density at radius 1 is 1.35 bits per heavy atom. The van der Waals surface area contributed by atoms with Crippen molar-refractivity contribution in [3.63, 3.8) is 0 Å². The lowest BCUT2D eigenvalue weighted by Gasteiger charge is -2.13. The van der Waals surface area contributed by atoms with Crippen LogP contribution in [0.1, 0.15) is 13.3 Å². The van der Waals surface area contributed by atoms with Crippen LogP contribution >= 0.6 is 11.8 Å². The number of aliphatic carboxylic acids is 1. The summed E-state index contributed by atoms with van der Waals surface area (Å²) in [6, 6.07) is 9.58. The summed E-state index contributed by atoms with van der Waals surface area (Å²) in [6.07, 6.45) is 0.658. The van der Waals surface area contributed by atoms with E-state index in [1.165, 1.54) is 11.8 Å². The smallest absolute Gasteiger partial charge is 0.322 e. The van der Waals surface area contributed by atoms with E-state index in [9.17, 15) is 9.59 Å². The number of benzene rings is 1. The molecule has 0 saturated heterocycles. The first-order chi connectivity index (χ1) is 8.13. The van der Waals surface area contributed by atoms with E-state index in [-0.39, 0.29) is 17.7 Å². The van der Waals surface area contributed by atoms with Gasteiger partial charge in [-0.25, -0.2) is 0 Å². The molecule has 92 valence electrons. The third kappa shape index (κ3) is 4.91. The Hall–Kier alpha value is -1.49. The molecule has 2 N–H and O–H groups in total. The maximum Gasteiger partial charge on any atom is 0.322 e. The lowest BCUT2D eigenvalue weighted by Crippen LogP contribution is -2.35. The Bertz CT molecular complexity index is 381. The van der Waals surface area contributed by atoms with Gasteiger partial charge in [0.15, 0.2) is 0 Å². The fourth-order valence-corrected chi connectivity index (χ4v) is 2.26. The number of carbonyl (C=O) groups excluding carboxylic acids is 1. The first kappa shape index (κ1) is 13.6. The molecule has 0 bridgehead atoms. The highest BCUT2D eigenvalue weighted by molar-refractivity contribution is 8.00. The van der Waals surface area contributed by atoms with Gasteiger partial charge in [0, 0.05) is 4.90 Å². The van der Waals surface area contributed by atoms with Crippen LogP contribution in [0.4, 0.5) is 0 Å². The molecule has 5 heteroatoms. The minimum absolute atomic E-state index is 0.233.